The zero-order chi connectivity index (χ0) is 17.1. The Morgan fingerprint density at radius 1 is 1.46 bits per heavy atom. The third-order valence-electron chi connectivity index (χ3n) is 4.17. The van der Waals surface area contributed by atoms with Crippen LogP contribution in [-0.2, 0) is 19.1 Å². The maximum Gasteiger partial charge on any atom is 0.335 e. The first-order valence-corrected chi connectivity index (χ1v) is 8.77. The molecule has 0 unspecified atom stereocenters. The summed E-state index contributed by atoms with van der Waals surface area (Å²) in [5.41, 5.74) is 0.926. The molecule has 2 aromatic rings. The summed E-state index contributed by atoms with van der Waals surface area (Å²) in [5, 5.41) is 0.859. The standard InChI is InChI=1S/C17H20N2O4S/c1-11(16-18-12-6-3-4-8-14(12)24-16)19(2)15(20)10-23-17(21)13-7-5-9-22-13/h3-4,6,8,11,13H,5,7,9-10H2,1-2H3/t11-,13-/m1/s1. The maximum absolute atomic E-state index is 12.3. The van der Waals surface area contributed by atoms with Gasteiger partial charge in [-0.15, -0.1) is 11.3 Å². The summed E-state index contributed by atoms with van der Waals surface area (Å²) in [4.78, 5) is 30.2. The Morgan fingerprint density at radius 2 is 2.25 bits per heavy atom. The van der Waals surface area contributed by atoms with Crippen LogP contribution in [0.25, 0.3) is 10.2 Å². The van der Waals surface area contributed by atoms with E-state index in [1.165, 1.54) is 0 Å². The molecule has 0 spiro atoms. The average Bonchev–Trinajstić information content (AvgIpc) is 3.26. The second-order valence-corrected chi connectivity index (χ2v) is 6.87. The molecule has 1 fully saturated rings. The van der Waals surface area contributed by atoms with Crippen molar-refractivity contribution in [2.75, 3.05) is 20.3 Å². The quantitative estimate of drug-likeness (QED) is 0.777. The monoisotopic (exact) mass is 348 g/mol. The summed E-state index contributed by atoms with van der Waals surface area (Å²) in [6, 6.07) is 7.68. The number of rotatable bonds is 5. The number of ether oxygens (including phenoxy) is 2. The van der Waals surface area contributed by atoms with Crippen LogP contribution in [0.3, 0.4) is 0 Å². The van der Waals surface area contributed by atoms with Gasteiger partial charge in [-0.25, -0.2) is 9.78 Å². The Kier molecular flexibility index (Phi) is 5.11. The SMILES string of the molecule is C[C@H](c1nc2ccccc2s1)N(C)C(=O)COC(=O)[C@H]1CCCO1. The molecule has 1 saturated heterocycles. The minimum Gasteiger partial charge on any atom is -0.454 e. The van der Waals surface area contributed by atoms with E-state index in [9.17, 15) is 9.59 Å². The molecule has 0 radical (unpaired) electrons. The lowest BCUT2D eigenvalue weighted by molar-refractivity contribution is -0.160. The Hall–Kier alpha value is -1.99. The van der Waals surface area contributed by atoms with E-state index in [0.717, 1.165) is 21.6 Å². The molecular weight excluding hydrogens is 328 g/mol. The van der Waals surface area contributed by atoms with Gasteiger partial charge in [-0.1, -0.05) is 12.1 Å². The van der Waals surface area contributed by atoms with Crippen molar-refractivity contribution in [3.05, 3.63) is 29.3 Å². The number of nitrogens with zero attached hydrogens (tertiary/aromatic N) is 2. The number of carbonyl (C=O) groups is 2. The Balaban J connectivity index is 1.58. The molecule has 0 N–H and O–H groups in total. The van der Waals surface area contributed by atoms with E-state index >= 15 is 0 Å². The largest absolute Gasteiger partial charge is 0.454 e. The molecule has 2 atom stereocenters. The molecule has 1 aromatic heterocycles. The van der Waals surface area contributed by atoms with Crippen LogP contribution < -0.4 is 0 Å². The Morgan fingerprint density at radius 3 is 2.96 bits per heavy atom. The van der Waals surface area contributed by atoms with E-state index in [-0.39, 0.29) is 18.6 Å². The van der Waals surface area contributed by atoms with Gasteiger partial charge in [0.1, 0.15) is 5.01 Å². The third kappa shape index (κ3) is 3.57. The maximum atomic E-state index is 12.3. The van der Waals surface area contributed by atoms with Crippen molar-refractivity contribution in [3.8, 4) is 0 Å². The molecule has 1 aliphatic rings. The number of hydrogen-bond donors (Lipinski definition) is 0. The highest BCUT2D eigenvalue weighted by Gasteiger charge is 2.27. The minimum atomic E-state index is -0.523. The lowest BCUT2D eigenvalue weighted by Crippen LogP contribution is -2.35. The number of aromatic nitrogens is 1. The number of esters is 1. The van der Waals surface area contributed by atoms with Gasteiger partial charge in [0.15, 0.2) is 12.7 Å². The summed E-state index contributed by atoms with van der Waals surface area (Å²) < 4.78 is 11.4. The number of hydrogen-bond acceptors (Lipinski definition) is 6. The van der Waals surface area contributed by atoms with E-state index in [1.54, 1.807) is 23.3 Å². The molecule has 3 rings (SSSR count). The van der Waals surface area contributed by atoms with Gasteiger partial charge in [0.2, 0.25) is 0 Å². The second-order valence-electron chi connectivity index (χ2n) is 5.81. The van der Waals surface area contributed by atoms with E-state index in [2.05, 4.69) is 4.98 Å². The average molecular weight is 348 g/mol. The van der Waals surface area contributed by atoms with Crippen LogP contribution in [-0.4, -0.2) is 48.1 Å². The Labute approximate surface area is 144 Å². The lowest BCUT2D eigenvalue weighted by Gasteiger charge is -2.23. The van der Waals surface area contributed by atoms with Crippen LogP contribution in [0.4, 0.5) is 0 Å². The summed E-state index contributed by atoms with van der Waals surface area (Å²) in [6.07, 6.45) is 0.984. The normalized spacial score (nSPS) is 18.5. The third-order valence-corrected chi connectivity index (χ3v) is 5.38. The highest BCUT2D eigenvalue weighted by atomic mass is 32.1. The molecule has 2 heterocycles. The molecule has 1 aliphatic heterocycles. The predicted octanol–water partition coefficient (Wildman–Crippen LogP) is 2.54. The summed E-state index contributed by atoms with van der Waals surface area (Å²) in [7, 11) is 1.69. The van der Waals surface area contributed by atoms with Gasteiger partial charge >= 0.3 is 5.97 Å². The zero-order valence-corrected chi connectivity index (χ0v) is 14.5. The van der Waals surface area contributed by atoms with Gasteiger partial charge in [-0.05, 0) is 31.9 Å². The molecule has 1 amide bonds. The molecule has 0 bridgehead atoms. The fourth-order valence-electron chi connectivity index (χ4n) is 2.54. The topological polar surface area (TPSA) is 68.7 Å². The molecule has 1 aromatic carbocycles. The van der Waals surface area contributed by atoms with Crippen molar-refractivity contribution < 1.29 is 19.1 Å². The molecular formula is C17H20N2O4S. The van der Waals surface area contributed by atoms with Crippen molar-refractivity contribution in [3.63, 3.8) is 0 Å². The molecule has 6 nitrogen and oxygen atoms in total. The van der Waals surface area contributed by atoms with Crippen molar-refractivity contribution in [2.45, 2.75) is 31.9 Å². The van der Waals surface area contributed by atoms with Gasteiger partial charge in [-0.3, -0.25) is 4.79 Å². The summed E-state index contributed by atoms with van der Waals surface area (Å²) in [6.45, 7) is 2.21. The zero-order valence-electron chi connectivity index (χ0n) is 13.7. The van der Waals surface area contributed by atoms with Gasteiger partial charge in [0, 0.05) is 13.7 Å². The molecule has 0 aliphatic carbocycles. The van der Waals surface area contributed by atoms with E-state index in [1.807, 2.05) is 31.2 Å². The van der Waals surface area contributed by atoms with Crippen LogP contribution in [0.1, 0.15) is 30.8 Å². The minimum absolute atomic E-state index is 0.184. The van der Waals surface area contributed by atoms with Crippen LogP contribution in [0.2, 0.25) is 0 Å². The van der Waals surface area contributed by atoms with Crippen LogP contribution in [0.15, 0.2) is 24.3 Å². The van der Waals surface area contributed by atoms with Crippen LogP contribution in [0.5, 0.6) is 0 Å². The smallest absolute Gasteiger partial charge is 0.335 e. The number of benzene rings is 1. The van der Waals surface area contributed by atoms with E-state index in [4.69, 9.17) is 9.47 Å². The Bertz CT molecular complexity index is 706. The number of para-hydroxylation sites is 1. The first-order chi connectivity index (χ1) is 11.6. The summed E-state index contributed by atoms with van der Waals surface area (Å²) >= 11 is 1.56. The lowest BCUT2D eigenvalue weighted by atomic mass is 10.2. The van der Waals surface area contributed by atoms with Crippen molar-refractivity contribution in [1.29, 1.82) is 0 Å². The first-order valence-electron chi connectivity index (χ1n) is 7.95. The number of amides is 1. The molecule has 0 saturated carbocycles. The molecule has 24 heavy (non-hydrogen) atoms. The fourth-order valence-corrected chi connectivity index (χ4v) is 3.60. The fraction of sp³-hybridized carbons (Fsp3) is 0.471. The number of fused-ring (bicyclic) bond motifs is 1. The number of likely N-dealkylation sites (N-methyl/N-ethyl adjacent to an activating group) is 1. The number of thiazole rings is 1. The predicted molar refractivity (Wildman–Crippen MR) is 90.7 cm³/mol. The van der Waals surface area contributed by atoms with Gasteiger partial charge in [0.25, 0.3) is 5.91 Å². The van der Waals surface area contributed by atoms with Gasteiger partial charge < -0.3 is 14.4 Å². The van der Waals surface area contributed by atoms with E-state index < -0.39 is 12.1 Å². The first kappa shape index (κ1) is 16.9. The van der Waals surface area contributed by atoms with Crippen molar-refractivity contribution in [2.24, 2.45) is 0 Å². The molecule has 7 heteroatoms. The van der Waals surface area contributed by atoms with Crippen LogP contribution in [0, 0.1) is 0 Å². The van der Waals surface area contributed by atoms with Gasteiger partial charge in [-0.2, -0.15) is 0 Å². The molecule has 128 valence electrons. The second kappa shape index (κ2) is 7.27. The highest BCUT2D eigenvalue weighted by Crippen LogP contribution is 2.28. The number of carbonyl (C=O) groups excluding carboxylic acids is 2. The summed E-state index contributed by atoms with van der Waals surface area (Å²) in [5.74, 6) is -0.713. The van der Waals surface area contributed by atoms with Crippen molar-refractivity contribution in [1.82, 2.24) is 9.88 Å². The highest BCUT2D eigenvalue weighted by molar-refractivity contribution is 7.18. The van der Waals surface area contributed by atoms with Crippen LogP contribution >= 0.6 is 11.3 Å². The van der Waals surface area contributed by atoms with Gasteiger partial charge in [0.05, 0.1) is 16.3 Å². The van der Waals surface area contributed by atoms with E-state index in [0.29, 0.717) is 13.0 Å². The van der Waals surface area contributed by atoms with Crippen molar-refractivity contribution >= 4 is 33.4 Å².